The van der Waals surface area contributed by atoms with Gasteiger partial charge in [0.05, 0.1) is 0 Å². The zero-order chi connectivity index (χ0) is 8.28. The van der Waals surface area contributed by atoms with Gasteiger partial charge in [0.25, 0.3) is 0 Å². The summed E-state index contributed by atoms with van der Waals surface area (Å²) in [7, 11) is 0. The number of hydrogen-bond acceptors (Lipinski definition) is 1. The van der Waals surface area contributed by atoms with E-state index >= 15 is 0 Å². The molecule has 2 atom stereocenters. The zero-order valence-electron chi connectivity index (χ0n) is 7.78. The molecule has 1 saturated carbocycles. The number of rotatable bonds is 0. The number of allylic oxidation sites excluding steroid dienone is 2. The monoisotopic (exact) mass is 364 g/mol. The Morgan fingerprint density at radius 1 is 1.42 bits per heavy atom. The van der Waals surface area contributed by atoms with Crippen molar-refractivity contribution in [2.45, 2.75) is 33.6 Å². The fourth-order valence-corrected chi connectivity index (χ4v) is 3.16. The van der Waals surface area contributed by atoms with E-state index in [1.807, 2.05) is 0 Å². The summed E-state index contributed by atoms with van der Waals surface area (Å²) in [6, 6.07) is 0. The third-order valence-electron chi connectivity index (χ3n) is 4.20. The van der Waals surface area contributed by atoms with Crippen molar-refractivity contribution in [1.29, 1.82) is 0 Å². The second kappa shape index (κ2) is 2.84. The minimum atomic E-state index is 0. The van der Waals surface area contributed by atoms with Crippen molar-refractivity contribution < 1.29 is 22.4 Å². The van der Waals surface area contributed by atoms with Crippen LogP contribution in [-0.4, -0.2) is 0 Å². The van der Waals surface area contributed by atoms with Crippen LogP contribution in [0.2, 0.25) is 0 Å². The largest absolute Gasteiger partial charge is 1.00 e. The molecule has 2 bridgehead atoms. The van der Waals surface area contributed by atoms with Gasteiger partial charge in [-0.3, -0.25) is 0 Å². The van der Waals surface area contributed by atoms with E-state index < -0.39 is 0 Å². The van der Waals surface area contributed by atoms with E-state index in [4.69, 9.17) is 12.6 Å². The van der Waals surface area contributed by atoms with E-state index in [0.717, 1.165) is 5.92 Å². The van der Waals surface area contributed by atoms with Crippen LogP contribution in [0.25, 0.3) is 0 Å². The Labute approximate surface area is 96.1 Å². The maximum atomic E-state index is 5.38. The predicted octanol–water partition coefficient (Wildman–Crippen LogP) is 2.87. The van der Waals surface area contributed by atoms with Gasteiger partial charge in [0.1, 0.15) is 0 Å². The molecule has 2 unspecified atom stereocenters. The van der Waals surface area contributed by atoms with E-state index in [-0.39, 0.29) is 22.4 Å². The van der Waals surface area contributed by atoms with Gasteiger partial charge in [0, 0.05) is 0 Å². The van der Waals surface area contributed by atoms with Crippen LogP contribution in [0.1, 0.15) is 33.6 Å². The first-order chi connectivity index (χ1) is 4.98. The van der Waals surface area contributed by atoms with E-state index in [2.05, 4.69) is 26.8 Å². The van der Waals surface area contributed by atoms with Gasteiger partial charge in [-0.1, -0.05) is 20.8 Å². The van der Waals surface area contributed by atoms with Crippen LogP contribution in [0.3, 0.4) is 0 Å². The molecule has 0 amide bonds. The molecule has 12 heavy (non-hydrogen) atoms. The molecule has 2 aliphatic rings. The van der Waals surface area contributed by atoms with Gasteiger partial charge < -0.3 is 12.6 Å². The second-order valence-electron chi connectivity index (χ2n) is 4.73. The SMILES string of the molecule is CC12CCC(C=C1[S-])C2(C)C.[Au+]. The Morgan fingerprint density at radius 3 is 2.17 bits per heavy atom. The Balaban J connectivity index is 0.000000720. The fraction of sp³-hybridized carbons (Fsp3) is 0.800. The van der Waals surface area contributed by atoms with Crippen molar-refractivity contribution in [2.24, 2.45) is 16.7 Å². The topological polar surface area (TPSA) is 0 Å². The maximum Gasteiger partial charge on any atom is 1.00 e. The summed E-state index contributed by atoms with van der Waals surface area (Å²) >= 11 is 5.38. The molecule has 0 nitrogen and oxygen atoms in total. The smallest absolute Gasteiger partial charge is 0.784 e. The molecule has 1 fully saturated rings. The minimum Gasteiger partial charge on any atom is -0.784 e. The average Bonchev–Trinajstić information content (AvgIpc) is 2.20. The predicted molar refractivity (Wildman–Crippen MR) is 50.1 cm³/mol. The quantitative estimate of drug-likeness (QED) is 0.471. The van der Waals surface area contributed by atoms with Crippen molar-refractivity contribution in [3.05, 3.63) is 11.0 Å². The van der Waals surface area contributed by atoms with Crippen LogP contribution in [0.15, 0.2) is 11.0 Å². The molecule has 2 aliphatic carbocycles. The molecule has 0 aromatic heterocycles. The van der Waals surface area contributed by atoms with E-state index in [1.165, 1.54) is 17.7 Å². The third kappa shape index (κ3) is 1.00. The summed E-state index contributed by atoms with van der Waals surface area (Å²) in [5.74, 6) is 0.764. The number of hydrogen-bond donors (Lipinski definition) is 0. The molecule has 0 aromatic carbocycles. The minimum absolute atomic E-state index is 0. The third-order valence-corrected chi connectivity index (χ3v) is 4.79. The summed E-state index contributed by atoms with van der Waals surface area (Å²) in [5, 5.41) is 0. The van der Waals surface area contributed by atoms with Gasteiger partial charge in [-0.25, -0.2) is 0 Å². The molecule has 2 heteroatoms. The average molecular weight is 364 g/mol. The van der Waals surface area contributed by atoms with Gasteiger partial charge in [-0.05, 0) is 29.6 Å². The van der Waals surface area contributed by atoms with Crippen molar-refractivity contribution in [1.82, 2.24) is 0 Å². The molecule has 0 saturated heterocycles. The Bertz CT molecular complexity index is 232. The van der Waals surface area contributed by atoms with Crippen LogP contribution in [-0.2, 0) is 35.0 Å². The van der Waals surface area contributed by atoms with Crippen molar-refractivity contribution in [2.75, 3.05) is 0 Å². The maximum absolute atomic E-state index is 5.38. The van der Waals surface area contributed by atoms with Crippen LogP contribution >= 0.6 is 0 Å². The van der Waals surface area contributed by atoms with Crippen LogP contribution in [0.4, 0.5) is 0 Å². The summed E-state index contributed by atoms with van der Waals surface area (Å²) < 4.78 is 0. The Hall–Kier alpha value is 0.700. The standard InChI is InChI=1S/C10H16S.Au/c1-9(2)7-4-5-10(9,3)8(11)6-7;/h6-7,11H,4-5H2,1-3H3;/q;+1/p-1. The van der Waals surface area contributed by atoms with Crippen LogP contribution in [0.5, 0.6) is 0 Å². The van der Waals surface area contributed by atoms with Gasteiger partial charge in [0.2, 0.25) is 0 Å². The van der Waals surface area contributed by atoms with E-state index in [9.17, 15) is 0 Å². The molecular weight excluding hydrogens is 349 g/mol. The van der Waals surface area contributed by atoms with Gasteiger partial charge >= 0.3 is 22.4 Å². The Kier molecular flexibility index (Phi) is 2.56. The summed E-state index contributed by atoms with van der Waals surface area (Å²) in [6.45, 7) is 7.06. The molecule has 0 heterocycles. The number of fused-ring (bicyclic) bond motifs is 2. The first-order valence-electron chi connectivity index (χ1n) is 4.38. The second-order valence-corrected chi connectivity index (χ2v) is 5.17. The molecule has 72 valence electrons. The molecule has 2 rings (SSSR count). The first kappa shape index (κ1) is 10.8. The molecule has 0 radical (unpaired) electrons. The molecule has 0 spiro atoms. The zero-order valence-corrected chi connectivity index (χ0v) is 10.8. The molecule has 0 aliphatic heterocycles. The van der Waals surface area contributed by atoms with Gasteiger partial charge in [-0.2, -0.15) is 4.91 Å². The van der Waals surface area contributed by atoms with E-state index in [0.29, 0.717) is 10.8 Å². The normalized spacial score (nSPS) is 42.2. The molecule has 0 aromatic rings. The van der Waals surface area contributed by atoms with Crippen molar-refractivity contribution in [3.8, 4) is 0 Å². The summed E-state index contributed by atoms with van der Waals surface area (Å²) in [6.07, 6.45) is 4.97. The van der Waals surface area contributed by atoms with Crippen LogP contribution in [0, 0.1) is 16.7 Å². The summed E-state index contributed by atoms with van der Waals surface area (Å²) in [4.78, 5) is 1.22. The molecule has 0 N–H and O–H groups in total. The fourth-order valence-electron chi connectivity index (χ4n) is 2.64. The molecular formula is C10H15AuS. The van der Waals surface area contributed by atoms with Crippen molar-refractivity contribution >= 4 is 12.6 Å². The summed E-state index contributed by atoms with van der Waals surface area (Å²) in [5.41, 5.74) is 0.775. The van der Waals surface area contributed by atoms with Gasteiger partial charge in [0.15, 0.2) is 0 Å². The van der Waals surface area contributed by atoms with E-state index in [1.54, 1.807) is 0 Å². The van der Waals surface area contributed by atoms with Gasteiger partial charge in [-0.15, -0.1) is 6.08 Å². The first-order valence-corrected chi connectivity index (χ1v) is 4.78. The van der Waals surface area contributed by atoms with Crippen LogP contribution < -0.4 is 0 Å². The Morgan fingerprint density at radius 2 is 2.00 bits per heavy atom. The van der Waals surface area contributed by atoms with Crippen molar-refractivity contribution in [3.63, 3.8) is 0 Å².